The zero-order chi connectivity index (χ0) is 15.9. The summed E-state index contributed by atoms with van der Waals surface area (Å²) in [6, 6.07) is 9.43. The van der Waals surface area contributed by atoms with Crippen LogP contribution in [0.25, 0.3) is 0 Å². The van der Waals surface area contributed by atoms with Gasteiger partial charge < -0.3 is 19.2 Å². The summed E-state index contributed by atoms with van der Waals surface area (Å²) >= 11 is 0. The third-order valence-corrected chi connectivity index (χ3v) is 3.19. The number of rotatable bonds is 7. The Morgan fingerprint density at radius 3 is 2.82 bits per heavy atom. The first-order valence-electron chi connectivity index (χ1n) is 7.16. The highest BCUT2D eigenvalue weighted by molar-refractivity contribution is 5.91. The molecule has 0 saturated heterocycles. The Balaban J connectivity index is 1.92. The Morgan fingerprint density at radius 1 is 1.23 bits per heavy atom. The normalized spacial score (nSPS) is 10.5. The molecule has 0 aliphatic rings. The molecule has 2 rings (SSSR count). The van der Waals surface area contributed by atoms with E-state index in [1.807, 2.05) is 32.0 Å². The molecule has 0 radical (unpaired) electrons. The van der Waals surface area contributed by atoms with Crippen LogP contribution in [0.15, 0.2) is 34.7 Å². The molecule has 0 aliphatic heterocycles. The maximum absolute atomic E-state index is 11.8. The molecule has 0 atom stereocenters. The van der Waals surface area contributed by atoms with Crippen molar-refractivity contribution in [3.8, 4) is 5.75 Å². The first-order chi connectivity index (χ1) is 10.6. The summed E-state index contributed by atoms with van der Waals surface area (Å²) < 4.78 is 16.1. The molecule has 0 aliphatic carbocycles. The van der Waals surface area contributed by atoms with Crippen molar-refractivity contribution in [2.45, 2.75) is 20.5 Å². The quantitative estimate of drug-likeness (QED) is 0.799. The predicted molar refractivity (Wildman–Crippen MR) is 83.2 cm³/mol. The molecule has 1 aromatic heterocycles. The van der Waals surface area contributed by atoms with Crippen molar-refractivity contribution in [1.82, 2.24) is 5.32 Å². The van der Waals surface area contributed by atoms with Gasteiger partial charge in [0, 0.05) is 13.7 Å². The molecule has 0 spiro atoms. The van der Waals surface area contributed by atoms with Crippen LogP contribution >= 0.6 is 0 Å². The average molecular weight is 303 g/mol. The van der Waals surface area contributed by atoms with Crippen LogP contribution in [0.4, 0.5) is 0 Å². The van der Waals surface area contributed by atoms with Crippen molar-refractivity contribution >= 4 is 5.91 Å². The van der Waals surface area contributed by atoms with Crippen molar-refractivity contribution in [2.75, 3.05) is 20.3 Å². The third kappa shape index (κ3) is 4.36. The minimum absolute atomic E-state index is 0.255. The fourth-order valence-corrected chi connectivity index (χ4v) is 1.94. The highest BCUT2D eigenvalue weighted by Gasteiger charge is 2.11. The van der Waals surface area contributed by atoms with Gasteiger partial charge in [-0.1, -0.05) is 12.1 Å². The second-order valence-corrected chi connectivity index (χ2v) is 5.07. The first-order valence-corrected chi connectivity index (χ1v) is 7.16. The standard InChI is InChI=1S/C17H21NO4/c1-12-4-5-13(2)16(10-12)21-11-14-6-7-15(22-14)17(19)18-8-9-20-3/h4-7,10H,8-9,11H2,1-3H3,(H,18,19). The molecular weight excluding hydrogens is 282 g/mol. The van der Waals surface area contributed by atoms with Crippen LogP contribution in [-0.4, -0.2) is 26.2 Å². The van der Waals surface area contributed by atoms with Crippen molar-refractivity contribution in [3.05, 3.63) is 53.0 Å². The molecule has 0 unspecified atom stereocenters. The summed E-state index contributed by atoms with van der Waals surface area (Å²) in [4.78, 5) is 11.8. The highest BCUT2D eigenvalue weighted by Crippen LogP contribution is 2.21. The van der Waals surface area contributed by atoms with Gasteiger partial charge in [0.2, 0.25) is 0 Å². The number of hydrogen-bond acceptors (Lipinski definition) is 4. The summed E-state index contributed by atoms with van der Waals surface area (Å²) in [6.07, 6.45) is 0. The van der Waals surface area contributed by atoms with E-state index >= 15 is 0 Å². The van der Waals surface area contributed by atoms with Crippen LogP contribution in [-0.2, 0) is 11.3 Å². The van der Waals surface area contributed by atoms with E-state index in [4.69, 9.17) is 13.9 Å². The Morgan fingerprint density at radius 2 is 2.05 bits per heavy atom. The van der Waals surface area contributed by atoms with Gasteiger partial charge in [-0.05, 0) is 43.2 Å². The minimum Gasteiger partial charge on any atom is -0.485 e. The van der Waals surface area contributed by atoms with Crippen molar-refractivity contribution < 1.29 is 18.7 Å². The van der Waals surface area contributed by atoms with Gasteiger partial charge in [0.1, 0.15) is 18.1 Å². The van der Waals surface area contributed by atoms with Gasteiger partial charge in [0.25, 0.3) is 5.91 Å². The molecule has 0 bridgehead atoms. The first kappa shape index (κ1) is 16.1. The lowest BCUT2D eigenvalue weighted by molar-refractivity contribution is 0.0905. The summed E-state index contributed by atoms with van der Waals surface area (Å²) in [7, 11) is 1.59. The fraction of sp³-hybridized carbons (Fsp3) is 0.353. The van der Waals surface area contributed by atoms with Gasteiger partial charge >= 0.3 is 0 Å². The van der Waals surface area contributed by atoms with E-state index in [2.05, 4.69) is 5.32 Å². The molecule has 5 heteroatoms. The zero-order valence-corrected chi connectivity index (χ0v) is 13.1. The third-order valence-electron chi connectivity index (χ3n) is 3.19. The van der Waals surface area contributed by atoms with Crippen LogP contribution in [0, 0.1) is 13.8 Å². The molecule has 1 heterocycles. The Kier molecular flexibility index (Phi) is 5.61. The fourth-order valence-electron chi connectivity index (χ4n) is 1.94. The number of ether oxygens (including phenoxy) is 2. The molecule has 1 N–H and O–H groups in total. The van der Waals surface area contributed by atoms with Gasteiger partial charge in [-0.2, -0.15) is 0 Å². The maximum Gasteiger partial charge on any atom is 0.287 e. The summed E-state index contributed by atoms with van der Waals surface area (Å²) in [5, 5.41) is 2.71. The Hall–Kier alpha value is -2.27. The number of carbonyl (C=O) groups excluding carboxylic acids is 1. The Labute approximate surface area is 130 Å². The highest BCUT2D eigenvalue weighted by atomic mass is 16.5. The van der Waals surface area contributed by atoms with Gasteiger partial charge in [-0.3, -0.25) is 4.79 Å². The lowest BCUT2D eigenvalue weighted by Crippen LogP contribution is -2.26. The van der Waals surface area contributed by atoms with Crippen LogP contribution < -0.4 is 10.1 Å². The van der Waals surface area contributed by atoms with Gasteiger partial charge in [0.15, 0.2) is 5.76 Å². The average Bonchev–Trinajstić information content (AvgIpc) is 2.97. The molecule has 1 amide bonds. The Bertz CT molecular complexity index is 633. The molecule has 2 aromatic rings. The molecule has 5 nitrogen and oxygen atoms in total. The second-order valence-electron chi connectivity index (χ2n) is 5.07. The van der Waals surface area contributed by atoms with E-state index in [1.165, 1.54) is 0 Å². The number of nitrogens with one attached hydrogen (secondary N) is 1. The number of hydrogen-bond donors (Lipinski definition) is 1. The number of amides is 1. The lowest BCUT2D eigenvalue weighted by Gasteiger charge is -2.08. The molecule has 118 valence electrons. The van der Waals surface area contributed by atoms with Gasteiger partial charge in [-0.15, -0.1) is 0 Å². The monoisotopic (exact) mass is 303 g/mol. The number of furan rings is 1. The van der Waals surface area contributed by atoms with E-state index < -0.39 is 0 Å². The zero-order valence-electron chi connectivity index (χ0n) is 13.1. The number of aryl methyl sites for hydroxylation is 2. The van der Waals surface area contributed by atoms with Crippen LogP contribution in [0.1, 0.15) is 27.4 Å². The minimum atomic E-state index is -0.255. The van der Waals surface area contributed by atoms with Crippen molar-refractivity contribution in [1.29, 1.82) is 0 Å². The van der Waals surface area contributed by atoms with E-state index in [1.54, 1.807) is 19.2 Å². The number of methoxy groups -OCH3 is 1. The lowest BCUT2D eigenvalue weighted by atomic mass is 10.1. The smallest absolute Gasteiger partial charge is 0.287 e. The SMILES string of the molecule is COCCNC(=O)c1ccc(COc2cc(C)ccc2C)o1. The molecule has 22 heavy (non-hydrogen) atoms. The summed E-state index contributed by atoms with van der Waals surface area (Å²) in [6.45, 7) is 5.21. The topological polar surface area (TPSA) is 60.7 Å². The molecule has 1 aromatic carbocycles. The molecular formula is C17H21NO4. The number of carbonyl (C=O) groups is 1. The maximum atomic E-state index is 11.8. The van der Waals surface area contributed by atoms with Crippen LogP contribution in [0.3, 0.4) is 0 Å². The van der Waals surface area contributed by atoms with Crippen molar-refractivity contribution in [2.24, 2.45) is 0 Å². The van der Waals surface area contributed by atoms with E-state index in [-0.39, 0.29) is 18.3 Å². The second kappa shape index (κ2) is 7.66. The van der Waals surface area contributed by atoms with E-state index in [0.29, 0.717) is 18.9 Å². The largest absolute Gasteiger partial charge is 0.485 e. The van der Waals surface area contributed by atoms with E-state index in [9.17, 15) is 4.79 Å². The van der Waals surface area contributed by atoms with Crippen molar-refractivity contribution in [3.63, 3.8) is 0 Å². The van der Waals surface area contributed by atoms with Gasteiger partial charge in [0.05, 0.1) is 6.61 Å². The molecule has 0 saturated carbocycles. The summed E-state index contributed by atoms with van der Waals surface area (Å²) in [5.74, 6) is 1.45. The van der Waals surface area contributed by atoms with Crippen LogP contribution in [0.5, 0.6) is 5.75 Å². The number of benzene rings is 1. The van der Waals surface area contributed by atoms with Crippen LogP contribution in [0.2, 0.25) is 0 Å². The van der Waals surface area contributed by atoms with E-state index in [0.717, 1.165) is 16.9 Å². The summed E-state index contributed by atoms with van der Waals surface area (Å²) in [5.41, 5.74) is 2.20. The molecule has 0 fully saturated rings. The predicted octanol–water partition coefficient (Wildman–Crippen LogP) is 2.85. The van der Waals surface area contributed by atoms with Gasteiger partial charge in [-0.25, -0.2) is 0 Å².